The van der Waals surface area contributed by atoms with Crippen LogP contribution in [0.4, 0.5) is 0 Å². The van der Waals surface area contributed by atoms with Gasteiger partial charge in [0.05, 0.1) is 22.5 Å². The van der Waals surface area contributed by atoms with Crippen LogP contribution < -0.4 is 0 Å². The van der Waals surface area contributed by atoms with Crippen molar-refractivity contribution < 1.29 is 4.74 Å². The van der Waals surface area contributed by atoms with Crippen LogP contribution in [0.15, 0.2) is 22.7 Å². The monoisotopic (exact) mass is 356 g/mol. The summed E-state index contributed by atoms with van der Waals surface area (Å²) >= 11 is 9.82. The van der Waals surface area contributed by atoms with E-state index < -0.39 is 0 Å². The number of fused-ring (bicyclic) bond motifs is 1. The second-order valence-corrected chi connectivity index (χ2v) is 6.86. The average molecular weight is 358 g/mol. The first-order valence-corrected chi connectivity index (χ1v) is 8.29. The van der Waals surface area contributed by atoms with Crippen LogP contribution in [0.2, 0.25) is 0 Å². The fourth-order valence-electron chi connectivity index (χ4n) is 2.80. The van der Waals surface area contributed by atoms with E-state index in [0.717, 1.165) is 40.9 Å². The topological polar surface area (TPSA) is 27.1 Å². The van der Waals surface area contributed by atoms with E-state index in [9.17, 15) is 0 Å². The molecular formula is C15H18BrClN2O. The molecule has 2 atom stereocenters. The highest BCUT2D eigenvalue weighted by molar-refractivity contribution is 9.10. The zero-order valence-corrected chi connectivity index (χ0v) is 13.8. The Bertz CT molecular complexity index is 605. The largest absolute Gasteiger partial charge is 0.378 e. The predicted molar refractivity (Wildman–Crippen MR) is 85.3 cm³/mol. The molecule has 0 radical (unpaired) electrons. The fourth-order valence-corrected chi connectivity index (χ4v) is 3.31. The van der Waals surface area contributed by atoms with Crippen LogP contribution in [0.1, 0.15) is 37.4 Å². The van der Waals surface area contributed by atoms with Crippen LogP contribution in [-0.2, 0) is 11.3 Å². The maximum atomic E-state index is 6.29. The number of hydrogen-bond donors (Lipinski definition) is 0. The number of hydrogen-bond acceptors (Lipinski definition) is 2. The molecule has 0 bridgehead atoms. The molecule has 0 saturated carbocycles. The number of halogens is 2. The van der Waals surface area contributed by atoms with Gasteiger partial charge in [-0.15, -0.1) is 11.6 Å². The van der Waals surface area contributed by atoms with Crippen LogP contribution in [0.25, 0.3) is 11.0 Å². The second kappa shape index (κ2) is 6.04. The Balaban J connectivity index is 1.92. The number of alkyl halides is 1. The SMILES string of the molecule is CC(Cl)c1nc2ccc(Br)cc2n1CCC1CCCO1. The average Bonchev–Trinajstić information content (AvgIpc) is 3.03. The third-order valence-corrected chi connectivity index (χ3v) is 4.48. The van der Waals surface area contributed by atoms with Crippen molar-refractivity contribution in [1.82, 2.24) is 9.55 Å². The van der Waals surface area contributed by atoms with E-state index in [-0.39, 0.29) is 5.38 Å². The Hall–Kier alpha value is -0.580. The van der Waals surface area contributed by atoms with Crippen LogP contribution in [-0.4, -0.2) is 22.3 Å². The highest BCUT2D eigenvalue weighted by Crippen LogP contribution is 2.28. The van der Waals surface area contributed by atoms with Gasteiger partial charge in [0.1, 0.15) is 5.82 Å². The van der Waals surface area contributed by atoms with E-state index in [2.05, 4.69) is 31.5 Å². The van der Waals surface area contributed by atoms with Gasteiger partial charge < -0.3 is 9.30 Å². The first kappa shape index (κ1) is 14.4. The van der Waals surface area contributed by atoms with Gasteiger partial charge in [0, 0.05) is 17.6 Å². The van der Waals surface area contributed by atoms with E-state index >= 15 is 0 Å². The Morgan fingerprint density at radius 1 is 1.55 bits per heavy atom. The number of nitrogens with zero attached hydrogens (tertiary/aromatic N) is 2. The molecule has 0 spiro atoms. The van der Waals surface area contributed by atoms with Gasteiger partial charge in [-0.1, -0.05) is 15.9 Å². The maximum absolute atomic E-state index is 6.29. The normalized spacial score (nSPS) is 20.6. The summed E-state index contributed by atoms with van der Waals surface area (Å²) in [4.78, 5) is 4.67. The van der Waals surface area contributed by atoms with Crippen molar-refractivity contribution in [3.63, 3.8) is 0 Å². The van der Waals surface area contributed by atoms with Crippen LogP contribution in [0, 0.1) is 0 Å². The number of ether oxygens (including phenoxy) is 1. The number of rotatable bonds is 4. The van der Waals surface area contributed by atoms with Gasteiger partial charge in [0.25, 0.3) is 0 Å². The lowest BCUT2D eigenvalue weighted by Crippen LogP contribution is -2.12. The van der Waals surface area contributed by atoms with Gasteiger partial charge in [0.15, 0.2) is 0 Å². The number of aromatic nitrogens is 2. The number of imidazole rings is 1. The molecule has 3 rings (SSSR count). The molecule has 1 aromatic heterocycles. The minimum Gasteiger partial charge on any atom is -0.378 e. The van der Waals surface area contributed by atoms with E-state index in [1.54, 1.807) is 0 Å². The molecule has 20 heavy (non-hydrogen) atoms. The van der Waals surface area contributed by atoms with E-state index in [4.69, 9.17) is 16.3 Å². The maximum Gasteiger partial charge on any atom is 0.127 e. The van der Waals surface area contributed by atoms with Gasteiger partial charge in [-0.3, -0.25) is 0 Å². The van der Waals surface area contributed by atoms with E-state index in [1.807, 2.05) is 19.1 Å². The van der Waals surface area contributed by atoms with Crippen LogP contribution in [0.5, 0.6) is 0 Å². The van der Waals surface area contributed by atoms with Crippen molar-refractivity contribution in [2.45, 2.75) is 44.2 Å². The quantitative estimate of drug-likeness (QED) is 0.744. The lowest BCUT2D eigenvalue weighted by atomic mass is 10.2. The molecule has 0 aliphatic carbocycles. The summed E-state index contributed by atoms with van der Waals surface area (Å²) in [6.07, 6.45) is 3.76. The van der Waals surface area contributed by atoms with Gasteiger partial charge in [-0.25, -0.2) is 4.98 Å². The summed E-state index contributed by atoms with van der Waals surface area (Å²) in [6, 6.07) is 6.16. The third-order valence-electron chi connectivity index (χ3n) is 3.79. The minimum absolute atomic E-state index is 0.0920. The Kier molecular flexibility index (Phi) is 4.34. The van der Waals surface area contributed by atoms with Crippen molar-refractivity contribution in [3.05, 3.63) is 28.5 Å². The Labute approximate surface area is 132 Å². The van der Waals surface area contributed by atoms with Gasteiger partial charge in [-0.2, -0.15) is 0 Å². The standard InChI is InChI=1S/C15H18BrClN2O/c1-10(17)15-18-13-5-4-11(16)9-14(13)19(15)7-6-12-3-2-8-20-12/h4-5,9-10,12H,2-3,6-8H2,1H3. The molecule has 1 aromatic carbocycles. The van der Waals surface area contributed by atoms with E-state index in [0.29, 0.717) is 6.10 Å². The van der Waals surface area contributed by atoms with E-state index in [1.165, 1.54) is 12.8 Å². The molecule has 1 fully saturated rings. The second-order valence-electron chi connectivity index (χ2n) is 5.29. The van der Waals surface area contributed by atoms with Crippen molar-refractivity contribution in [2.24, 2.45) is 0 Å². The molecule has 1 saturated heterocycles. The molecular weight excluding hydrogens is 340 g/mol. The Morgan fingerprint density at radius 2 is 2.40 bits per heavy atom. The molecule has 2 aromatic rings. The van der Waals surface area contributed by atoms with Gasteiger partial charge in [0.2, 0.25) is 0 Å². The van der Waals surface area contributed by atoms with Gasteiger partial charge >= 0.3 is 0 Å². The molecule has 3 nitrogen and oxygen atoms in total. The molecule has 2 unspecified atom stereocenters. The zero-order valence-electron chi connectivity index (χ0n) is 11.5. The lowest BCUT2D eigenvalue weighted by molar-refractivity contribution is 0.100. The molecule has 5 heteroatoms. The van der Waals surface area contributed by atoms with Gasteiger partial charge in [-0.05, 0) is 44.4 Å². The number of benzene rings is 1. The molecule has 108 valence electrons. The van der Waals surface area contributed by atoms with Crippen molar-refractivity contribution in [3.8, 4) is 0 Å². The molecule has 1 aliphatic rings. The molecule has 0 N–H and O–H groups in total. The highest BCUT2D eigenvalue weighted by Gasteiger charge is 2.19. The third kappa shape index (κ3) is 2.87. The predicted octanol–water partition coefficient (Wildman–Crippen LogP) is 4.67. The Morgan fingerprint density at radius 3 is 3.10 bits per heavy atom. The molecule has 1 aliphatic heterocycles. The fraction of sp³-hybridized carbons (Fsp3) is 0.533. The first-order chi connectivity index (χ1) is 9.65. The summed E-state index contributed by atoms with van der Waals surface area (Å²) < 4.78 is 9.01. The molecule has 0 amide bonds. The minimum atomic E-state index is -0.0920. The van der Waals surface area contributed by atoms with Crippen molar-refractivity contribution >= 4 is 38.6 Å². The summed E-state index contributed by atoms with van der Waals surface area (Å²) in [6.45, 7) is 3.78. The first-order valence-electron chi connectivity index (χ1n) is 7.06. The summed E-state index contributed by atoms with van der Waals surface area (Å²) in [5, 5.41) is -0.0920. The summed E-state index contributed by atoms with van der Waals surface area (Å²) in [7, 11) is 0. The zero-order chi connectivity index (χ0) is 14.1. The van der Waals surface area contributed by atoms with Crippen molar-refractivity contribution in [1.29, 1.82) is 0 Å². The van der Waals surface area contributed by atoms with Crippen LogP contribution in [0.3, 0.4) is 0 Å². The lowest BCUT2D eigenvalue weighted by Gasteiger charge is -2.13. The van der Waals surface area contributed by atoms with Crippen molar-refractivity contribution in [2.75, 3.05) is 6.61 Å². The smallest absolute Gasteiger partial charge is 0.127 e. The number of aryl methyl sites for hydroxylation is 1. The summed E-state index contributed by atoms with van der Waals surface area (Å²) in [5.74, 6) is 0.942. The highest BCUT2D eigenvalue weighted by atomic mass is 79.9. The summed E-state index contributed by atoms with van der Waals surface area (Å²) in [5.41, 5.74) is 2.14. The van der Waals surface area contributed by atoms with Crippen LogP contribution >= 0.6 is 27.5 Å². The molecule has 2 heterocycles.